The number of ketones is 1. The average molecular weight is 291 g/mol. The zero-order valence-electron chi connectivity index (χ0n) is 12.3. The second-order valence-electron chi connectivity index (χ2n) is 5.23. The van der Waals surface area contributed by atoms with Gasteiger partial charge in [0.1, 0.15) is 5.82 Å². The van der Waals surface area contributed by atoms with Gasteiger partial charge in [-0.05, 0) is 38.0 Å². The number of Topliss-reactive ketones (excluding diaryl/α,β-unsaturated/α-hetero) is 1. The molecule has 112 valence electrons. The van der Waals surface area contributed by atoms with Crippen LogP contribution in [0.25, 0.3) is 0 Å². The fourth-order valence-corrected chi connectivity index (χ4v) is 2.63. The van der Waals surface area contributed by atoms with E-state index in [2.05, 4.69) is 0 Å². The van der Waals surface area contributed by atoms with Crippen molar-refractivity contribution in [2.75, 3.05) is 4.90 Å². The predicted molar refractivity (Wildman–Crippen MR) is 77.7 cm³/mol. The van der Waals surface area contributed by atoms with Gasteiger partial charge in [0.05, 0.1) is 11.6 Å². The second kappa shape index (κ2) is 5.68. The molecule has 1 aliphatic rings. The van der Waals surface area contributed by atoms with Crippen molar-refractivity contribution in [3.8, 4) is 0 Å². The van der Waals surface area contributed by atoms with Crippen LogP contribution in [0, 0.1) is 12.7 Å². The Morgan fingerprint density at radius 1 is 1.43 bits per heavy atom. The van der Waals surface area contributed by atoms with Gasteiger partial charge >= 0.3 is 0 Å². The molecule has 0 aromatic heterocycles. The first kappa shape index (κ1) is 15.2. The summed E-state index contributed by atoms with van der Waals surface area (Å²) >= 11 is 0. The van der Waals surface area contributed by atoms with E-state index in [1.54, 1.807) is 19.1 Å². The van der Waals surface area contributed by atoms with Crippen molar-refractivity contribution in [1.29, 1.82) is 0 Å². The first-order valence-electron chi connectivity index (χ1n) is 6.92. The number of rotatable bonds is 4. The van der Waals surface area contributed by atoms with E-state index in [4.69, 9.17) is 0 Å². The highest BCUT2D eigenvalue weighted by molar-refractivity contribution is 6.15. The first-order chi connectivity index (χ1) is 9.88. The van der Waals surface area contributed by atoms with Gasteiger partial charge in [0.25, 0.3) is 5.91 Å². The first-order valence-corrected chi connectivity index (χ1v) is 6.92. The third-order valence-electron chi connectivity index (χ3n) is 3.70. The van der Waals surface area contributed by atoms with E-state index in [0.717, 1.165) is 6.42 Å². The highest BCUT2D eigenvalue weighted by Gasteiger charge is 2.41. The third-order valence-corrected chi connectivity index (χ3v) is 3.70. The lowest BCUT2D eigenvalue weighted by Gasteiger charge is -2.26. The van der Waals surface area contributed by atoms with E-state index in [9.17, 15) is 19.1 Å². The summed E-state index contributed by atoms with van der Waals surface area (Å²) in [5.41, 5.74) is 0.939. The summed E-state index contributed by atoms with van der Waals surface area (Å²) in [5.74, 6) is -1.94. The summed E-state index contributed by atoms with van der Waals surface area (Å²) in [6.07, 6.45) is 1.26. The number of aryl methyl sites for hydroxylation is 1. The number of nitrogens with zero attached hydrogens (tertiary/aromatic N) is 1. The van der Waals surface area contributed by atoms with Gasteiger partial charge in [-0.15, -0.1) is 0 Å². The molecular weight excluding hydrogens is 273 g/mol. The number of benzene rings is 1. The Bertz CT molecular complexity index is 636. The van der Waals surface area contributed by atoms with E-state index in [0.29, 0.717) is 17.7 Å². The molecule has 1 aliphatic heterocycles. The molecule has 2 rings (SSSR count). The van der Waals surface area contributed by atoms with Crippen molar-refractivity contribution in [1.82, 2.24) is 0 Å². The van der Waals surface area contributed by atoms with Crippen molar-refractivity contribution in [2.24, 2.45) is 0 Å². The lowest BCUT2D eigenvalue weighted by Crippen LogP contribution is -2.36. The Balaban J connectivity index is 2.50. The molecule has 1 unspecified atom stereocenters. The van der Waals surface area contributed by atoms with E-state index in [1.807, 2.05) is 6.92 Å². The van der Waals surface area contributed by atoms with Gasteiger partial charge in [-0.25, -0.2) is 4.39 Å². The van der Waals surface area contributed by atoms with Crippen LogP contribution in [0.3, 0.4) is 0 Å². The van der Waals surface area contributed by atoms with Crippen LogP contribution < -0.4 is 4.90 Å². The molecule has 0 saturated carbocycles. The maximum Gasteiger partial charge on any atom is 0.294 e. The highest BCUT2D eigenvalue weighted by atomic mass is 19.1. The normalized spacial score (nSPS) is 18.6. The Morgan fingerprint density at radius 3 is 2.62 bits per heavy atom. The molecule has 0 aliphatic carbocycles. The van der Waals surface area contributed by atoms with Gasteiger partial charge in [0.2, 0.25) is 0 Å². The molecular formula is C16H18FNO3. The number of aliphatic hydroxyl groups is 1. The second-order valence-corrected chi connectivity index (χ2v) is 5.23. The molecule has 0 fully saturated rings. The molecule has 0 radical (unpaired) electrons. The minimum absolute atomic E-state index is 0.114. The fourth-order valence-electron chi connectivity index (χ4n) is 2.63. The van der Waals surface area contributed by atoms with Crippen LogP contribution in [-0.4, -0.2) is 22.8 Å². The average Bonchev–Trinajstić information content (AvgIpc) is 2.66. The SMILES string of the molecule is CCCC1C(C(C)=O)=C(O)C(=O)N1c1ccc(C)c(F)c1. The minimum atomic E-state index is -0.651. The van der Waals surface area contributed by atoms with E-state index in [-0.39, 0.29) is 11.4 Å². The fraction of sp³-hybridized carbons (Fsp3) is 0.375. The molecule has 21 heavy (non-hydrogen) atoms. The quantitative estimate of drug-likeness (QED) is 0.927. The third kappa shape index (κ3) is 2.55. The number of amides is 1. The van der Waals surface area contributed by atoms with Crippen LogP contribution >= 0.6 is 0 Å². The van der Waals surface area contributed by atoms with Gasteiger partial charge in [-0.1, -0.05) is 19.4 Å². The van der Waals surface area contributed by atoms with Crippen LogP contribution in [0.2, 0.25) is 0 Å². The van der Waals surface area contributed by atoms with E-state index in [1.165, 1.54) is 17.9 Å². The van der Waals surface area contributed by atoms with Crippen LogP contribution in [0.5, 0.6) is 0 Å². The zero-order chi connectivity index (χ0) is 15.7. The summed E-state index contributed by atoms with van der Waals surface area (Å²) in [7, 11) is 0. The number of hydrogen-bond acceptors (Lipinski definition) is 3. The van der Waals surface area contributed by atoms with Gasteiger partial charge in [0, 0.05) is 5.69 Å². The van der Waals surface area contributed by atoms with Crippen molar-refractivity contribution in [3.05, 3.63) is 40.9 Å². The molecule has 1 aromatic carbocycles. The van der Waals surface area contributed by atoms with Crippen LogP contribution in [0.1, 0.15) is 32.3 Å². The van der Waals surface area contributed by atoms with Crippen molar-refractivity contribution in [2.45, 2.75) is 39.7 Å². The van der Waals surface area contributed by atoms with Crippen LogP contribution in [0.15, 0.2) is 29.5 Å². The molecule has 0 bridgehead atoms. The van der Waals surface area contributed by atoms with Crippen molar-refractivity contribution >= 4 is 17.4 Å². The topological polar surface area (TPSA) is 57.6 Å². The highest BCUT2D eigenvalue weighted by Crippen LogP contribution is 2.33. The van der Waals surface area contributed by atoms with Crippen molar-refractivity contribution < 1.29 is 19.1 Å². The van der Waals surface area contributed by atoms with Gasteiger partial charge in [-0.2, -0.15) is 0 Å². The lowest BCUT2D eigenvalue weighted by molar-refractivity contribution is -0.117. The molecule has 0 saturated heterocycles. The molecule has 4 nitrogen and oxygen atoms in total. The number of anilines is 1. The molecule has 1 aromatic rings. The predicted octanol–water partition coefficient (Wildman–Crippen LogP) is 3.05. The largest absolute Gasteiger partial charge is 0.503 e. The summed E-state index contributed by atoms with van der Waals surface area (Å²) < 4.78 is 13.7. The number of halogens is 1. The van der Waals surface area contributed by atoms with Gasteiger partial charge < -0.3 is 5.11 Å². The Labute approximate surface area is 122 Å². The molecule has 1 heterocycles. The minimum Gasteiger partial charge on any atom is -0.503 e. The lowest BCUT2D eigenvalue weighted by atomic mass is 10.00. The Kier molecular flexibility index (Phi) is 4.11. The van der Waals surface area contributed by atoms with Crippen LogP contribution in [0.4, 0.5) is 10.1 Å². The summed E-state index contributed by atoms with van der Waals surface area (Å²) in [6.45, 7) is 4.87. The monoisotopic (exact) mass is 291 g/mol. The number of carbonyl (C=O) groups is 2. The summed E-state index contributed by atoms with van der Waals surface area (Å²) in [5, 5.41) is 9.95. The van der Waals surface area contributed by atoms with E-state index < -0.39 is 23.5 Å². The van der Waals surface area contributed by atoms with Crippen molar-refractivity contribution in [3.63, 3.8) is 0 Å². The molecule has 1 N–H and O–H groups in total. The van der Waals surface area contributed by atoms with Gasteiger partial charge in [-0.3, -0.25) is 14.5 Å². The molecule has 1 atom stereocenters. The maximum absolute atomic E-state index is 13.7. The van der Waals surface area contributed by atoms with Crippen LogP contribution in [-0.2, 0) is 9.59 Å². The Hall–Kier alpha value is -2.17. The van der Waals surface area contributed by atoms with E-state index >= 15 is 0 Å². The summed E-state index contributed by atoms with van der Waals surface area (Å²) in [4.78, 5) is 25.3. The molecule has 0 spiro atoms. The standard InChI is InChI=1S/C16H18FNO3/c1-4-5-13-14(10(3)19)15(20)16(21)18(13)11-7-6-9(2)12(17)8-11/h6-8,13,20H,4-5H2,1-3H3. The summed E-state index contributed by atoms with van der Waals surface area (Å²) in [6, 6.07) is 3.91. The number of hydrogen-bond donors (Lipinski definition) is 1. The smallest absolute Gasteiger partial charge is 0.294 e. The zero-order valence-corrected chi connectivity index (χ0v) is 12.3. The number of aliphatic hydroxyl groups excluding tert-OH is 1. The maximum atomic E-state index is 13.7. The number of carbonyl (C=O) groups excluding carboxylic acids is 2. The van der Waals surface area contributed by atoms with Gasteiger partial charge in [0.15, 0.2) is 11.5 Å². The molecule has 1 amide bonds. The Morgan fingerprint density at radius 2 is 2.10 bits per heavy atom. The molecule has 5 heteroatoms.